The summed E-state index contributed by atoms with van der Waals surface area (Å²) in [5, 5.41) is 0. The molecule has 27 heavy (non-hydrogen) atoms. The smallest absolute Gasteiger partial charge is 0.243 e. The lowest BCUT2D eigenvalue weighted by atomic mass is 9.89. The fourth-order valence-electron chi connectivity index (χ4n) is 3.54. The fourth-order valence-corrected chi connectivity index (χ4v) is 5.06. The molecule has 5 nitrogen and oxygen atoms in total. The monoisotopic (exact) mass is 410 g/mol. The fraction of sp³-hybridized carbons (Fsp3) is 0.400. The second-order valence-electron chi connectivity index (χ2n) is 6.72. The van der Waals surface area contributed by atoms with Crippen LogP contribution in [0.15, 0.2) is 59.5 Å². The van der Waals surface area contributed by atoms with E-state index in [0.717, 1.165) is 17.5 Å². The highest BCUT2D eigenvalue weighted by atomic mass is 35.5. The van der Waals surface area contributed by atoms with E-state index in [-0.39, 0.29) is 24.2 Å². The molecule has 0 amide bonds. The van der Waals surface area contributed by atoms with Gasteiger partial charge in [-0.05, 0) is 42.1 Å². The van der Waals surface area contributed by atoms with Gasteiger partial charge in [-0.3, -0.25) is 0 Å². The molecule has 0 aromatic heterocycles. The van der Waals surface area contributed by atoms with E-state index in [2.05, 4.69) is 0 Å². The first-order valence-electron chi connectivity index (χ1n) is 8.89. The van der Waals surface area contributed by atoms with Gasteiger partial charge in [0, 0.05) is 26.1 Å². The van der Waals surface area contributed by atoms with Crippen LogP contribution < -0.4 is 5.73 Å². The van der Waals surface area contributed by atoms with Crippen molar-refractivity contribution in [1.82, 2.24) is 4.31 Å². The summed E-state index contributed by atoms with van der Waals surface area (Å²) in [6, 6.07) is 17.1. The summed E-state index contributed by atoms with van der Waals surface area (Å²) < 4.78 is 32.8. The summed E-state index contributed by atoms with van der Waals surface area (Å²) in [5.74, 6) is 0.269. The largest absolute Gasteiger partial charge is 0.384 e. The van der Waals surface area contributed by atoms with Gasteiger partial charge in [0.25, 0.3) is 0 Å². The number of nitrogens with two attached hydrogens (primary N) is 1. The Morgan fingerprint density at radius 2 is 1.74 bits per heavy atom. The van der Waals surface area contributed by atoms with Crippen molar-refractivity contribution in [1.29, 1.82) is 0 Å². The van der Waals surface area contributed by atoms with Crippen molar-refractivity contribution in [3.8, 4) is 0 Å². The number of halogens is 1. The van der Waals surface area contributed by atoms with Crippen LogP contribution in [0.25, 0.3) is 0 Å². The molecule has 3 rings (SSSR count). The Labute approximate surface area is 168 Å². The van der Waals surface area contributed by atoms with E-state index in [1.807, 2.05) is 42.5 Å². The van der Waals surface area contributed by atoms with E-state index in [9.17, 15) is 8.42 Å². The molecule has 0 radical (unpaired) electrons. The quantitative estimate of drug-likeness (QED) is 0.761. The molecule has 2 aromatic rings. The van der Waals surface area contributed by atoms with E-state index in [1.165, 1.54) is 0 Å². The Hall–Kier alpha value is -1.44. The van der Waals surface area contributed by atoms with Gasteiger partial charge in [0.1, 0.15) is 0 Å². The van der Waals surface area contributed by atoms with Crippen LogP contribution in [0.1, 0.15) is 17.0 Å². The van der Waals surface area contributed by atoms with E-state index in [0.29, 0.717) is 31.1 Å². The van der Waals surface area contributed by atoms with Gasteiger partial charge < -0.3 is 10.5 Å². The molecule has 2 atom stereocenters. The maximum Gasteiger partial charge on any atom is 0.243 e. The highest BCUT2D eigenvalue weighted by Gasteiger charge is 2.39. The topological polar surface area (TPSA) is 72.6 Å². The Kier molecular flexibility index (Phi) is 7.82. The first kappa shape index (κ1) is 21.9. The van der Waals surface area contributed by atoms with E-state index < -0.39 is 10.0 Å². The van der Waals surface area contributed by atoms with Gasteiger partial charge in [0.05, 0.1) is 11.5 Å². The molecule has 0 unspecified atom stereocenters. The minimum atomic E-state index is -3.51. The first-order chi connectivity index (χ1) is 12.6. The predicted molar refractivity (Wildman–Crippen MR) is 110 cm³/mol. The van der Waals surface area contributed by atoms with Crippen molar-refractivity contribution in [2.24, 2.45) is 11.7 Å². The molecule has 1 aliphatic heterocycles. The average molecular weight is 411 g/mol. The molecule has 1 fully saturated rings. The molecule has 2 N–H and O–H groups in total. The summed E-state index contributed by atoms with van der Waals surface area (Å²) in [6.45, 7) is 2.03. The van der Waals surface area contributed by atoms with Crippen LogP contribution in [0.2, 0.25) is 0 Å². The zero-order valence-electron chi connectivity index (χ0n) is 15.5. The predicted octanol–water partition coefficient (Wildman–Crippen LogP) is 2.66. The number of sulfonamides is 1. The van der Waals surface area contributed by atoms with Crippen LogP contribution in [-0.2, 0) is 21.2 Å². The van der Waals surface area contributed by atoms with Crippen LogP contribution in [0.4, 0.5) is 0 Å². The maximum absolute atomic E-state index is 13.1. The van der Waals surface area contributed by atoms with Crippen molar-refractivity contribution >= 4 is 22.4 Å². The number of methoxy groups -OCH3 is 1. The normalized spacial score (nSPS) is 20.4. The Bertz CT molecular complexity index is 813. The second kappa shape index (κ2) is 9.66. The zero-order valence-corrected chi connectivity index (χ0v) is 17.1. The molecule has 1 heterocycles. The van der Waals surface area contributed by atoms with Crippen LogP contribution in [0, 0.1) is 5.92 Å². The lowest BCUT2D eigenvalue weighted by Crippen LogP contribution is -2.30. The van der Waals surface area contributed by atoms with Crippen LogP contribution in [-0.4, -0.2) is 46.1 Å². The number of nitrogens with zero attached hydrogens (tertiary/aromatic N) is 1. The lowest BCUT2D eigenvalue weighted by Gasteiger charge is -2.17. The van der Waals surface area contributed by atoms with E-state index >= 15 is 0 Å². The summed E-state index contributed by atoms with van der Waals surface area (Å²) in [5.41, 5.74) is 8.15. The van der Waals surface area contributed by atoms with E-state index in [1.54, 1.807) is 23.5 Å². The lowest BCUT2D eigenvalue weighted by molar-refractivity contribution is 0.202. The zero-order chi connectivity index (χ0) is 18.6. The molecular weight excluding hydrogens is 384 g/mol. The van der Waals surface area contributed by atoms with Gasteiger partial charge >= 0.3 is 0 Å². The third-order valence-electron chi connectivity index (χ3n) is 5.09. The highest BCUT2D eigenvalue weighted by Crippen LogP contribution is 2.35. The van der Waals surface area contributed by atoms with Gasteiger partial charge in [-0.1, -0.05) is 42.5 Å². The SMILES string of the molecule is COCCc1ccc(S(=O)(=O)N2C[C@@H](CN)[C@H](c3ccccc3)C2)cc1.Cl. The second-order valence-corrected chi connectivity index (χ2v) is 8.66. The summed E-state index contributed by atoms with van der Waals surface area (Å²) in [4.78, 5) is 0.336. The van der Waals surface area contributed by atoms with Crippen LogP contribution in [0.3, 0.4) is 0 Å². The summed E-state index contributed by atoms with van der Waals surface area (Å²) >= 11 is 0. The van der Waals surface area contributed by atoms with Gasteiger partial charge in [0.2, 0.25) is 10.0 Å². The van der Waals surface area contributed by atoms with Crippen molar-refractivity contribution in [3.05, 3.63) is 65.7 Å². The standard InChI is InChI=1S/C20H26N2O3S.ClH/c1-25-12-11-16-7-9-19(10-8-16)26(23,24)22-14-18(13-21)20(15-22)17-5-3-2-4-6-17;/h2-10,18,20H,11-15,21H2,1H3;1H/t18-,20+;/m1./s1. The molecule has 0 aliphatic carbocycles. The minimum absolute atomic E-state index is 0. The molecule has 0 spiro atoms. The molecule has 2 aromatic carbocycles. The first-order valence-corrected chi connectivity index (χ1v) is 10.3. The third kappa shape index (κ3) is 4.89. The third-order valence-corrected chi connectivity index (χ3v) is 6.94. The number of benzene rings is 2. The molecule has 0 bridgehead atoms. The van der Waals surface area contributed by atoms with Gasteiger partial charge in [0.15, 0.2) is 0 Å². The maximum atomic E-state index is 13.1. The summed E-state index contributed by atoms with van der Waals surface area (Å²) in [6.07, 6.45) is 0.770. The molecular formula is C20H27ClN2O3S. The molecule has 1 saturated heterocycles. The Morgan fingerprint density at radius 1 is 1.07 bits per heavy atom. The Balaban J connectivity index is 0.00000261. The molecule has 1 aliphatic rings. The minimum Gasteiger partial charge on any atom is -0.384 e. The number of hydrogen-bond acceptors (Lipinski definition) is 4. The van der Waals surface area contributed by atoms with Gasteiger partial charge in [-0.15, -0.1) is 12.4 Å². The molecule has 148 valence electrons. The molecule has 0 saturated carbocycles. The van der Waals surface area contributed by atoms with Crippen molar-refractivity contribution in [3.63, 3.8) is 0 Å². The number of ether oxygens (including phenoxy) is 1. The van der Waals surface area contributed by atoms with Crippen molar-refractivity contribution in [2.45, 2.75) is 17.2 Å². The number of rotatable bonds is 7. The van der Waals surface area contributed by atoms with E-state index in [4.69, 9.17) is 10.5 Å². The summed E-state index contributed by atoms with van der Waals surface area (Å²) in [7, 11) is -1.86. The average Bonchev–Trinajstić information content (AvgIpc) is 3.13. The Morgan fingerprint density at radius 3 is 2.33 bits per heavy atom. The van der Waals surface area contributed by atoms with Crippen molar-refractivity contribution in [2.75, 3.05) is 33.4 Å². The van der Waals surface area contributed by atoms with Crippen LogP contribution in [0.5, 0.6) is 0 Å². The van der Waals surface area contributed by atoms with Crippen molar-refractivity contribution < 1.29 is 13.2 Å². The molecule has 7 heteroatoms. The van der Waals surface area contributed by atoms with Gasteiger partial charge in [-0.25, -0.2) is 8.42 Å². The number of hydrogen-bond donors (Lipinski definition) is 1. The van der Waals surface area contributed by atoms with Crippen LogP contribution >= 0.6 is 12.4 Å². The highest BCUT2D eigenvalue weighted by molar-refractivity contribution is 7.89. The van der Waals surface area contributed by atoms with Gasteiger partial charge in [-0.2, -0.15) is 4.31 Å².